The number of phosphoric ester groups is 2. The minimum absolute atomic E-state index is 0.102. The molecule has 0 aliphatic carbocycles. The Morgan fingerprint density at radius 1 is 0.330 bits per heavy atom. The van der Waals surface area contributed by atoms with E-state index >= 15 is 0 Å². The second-order valence-corrected chi connectivity index (χ2v) is 29.7. The normalized spacial score (nSPS) is 14.1. The van der Waals surface area contributed by atoms with Crippen LogP contribution in [0.15, 0.2) is 24.3 Å². The van der Waals surface area contributed by atoms with Crippen LogP contribution in [0.25, 0.3) is 0 Å². The van der Waals surface area contributed by atoms with Gasteiger partial charge in [0.2, 0.25) is 0 Å². The molecular weight excluding hydrogens is 1230 g/mol. The molecule has 0 aliphatic heterocycles. The summed E-state index contributed by atoms with van der Waals surface area (Å²) in [6.45, 7) is 7.19. The zero-order valence-electron chi connectivity index (χ0n) is 60.6. The van der Waals surface area contributed by atoms with Gasteiger partial charge in [-0.15, -0.1) is 0 Å². The summed E-state index contributed by atoms with van der Waals surface area (Å²) in [6.07, 6.45) is 59.0. The Hall–Kier alpha value is -2.46. The highest BCUT2D eigenvalue weighted by Gasteiger charge is 2.30. The van der Waals surface area contributed by atoms with Gasteiger partial charge in [-0.1, -0.05) is 316 Å². The van der Waals surface area contributed by atoms with Gasteiger partial charge in [0.15, 0.2) is 12.2 Å². The van der Waals surface area contributed by atoms with E-state index in [9.17, 15) is 43.2 Å². The van der Waals surface area contributed by atoms with Crippen molar-refractivity contribution in [2.45, 2.75) is 387 Å². The molecule has 0 saturated heterocycles. The Morgan fingerprint density at radius 3 is 0.872 bits per heavy atom. The molecule has 0 fully saturated rings. The van der Waals surface area contributed by atoms with Crippen LogP contribution in [0, 0.1) is 5.92 Å². The summed E-state index contributed by atoms with van der Waals surface area (Å²) >= 11 is 0. The zero-order chi connectivity index (χ0) is 69.1. The van der Waals surface area contributed by atoms with Crippen LogP contribution < -0.4 is 0 Å². The molecule has 0 aromatic heterocycles. The summed E-state index contributed by atoms with van der Waals surface area (Å²) in [7, 11) is -9.92. The predicted molar refractivity (Wildman–Crippen MR) is 381 cm³/mol. The van der Waals surface area contributed by atoms with Gasteiger partial charge < -0.3 is 33.8 Å². The largest absolute Gasteiger partial charge is 0.472 e. The number of ether oxygens (including phenoxy) is 4. The first kappa shape index (κ1) is 91.5. The minimum atomic E-state index is -4.96. The van der Waals surface area contributed by atoms with Gasteiger partial charge in [0, 0.05) is 25.7 Å². The summed E-state index contributed by atoms with van der Waals surface area (Å²) in [6, 6.07) is 0. The zero-order valence-corrected chi connectivity index (χ0v) is 62.4. The van der Waals surface area contributed by atoms with Gasteiger partial charge in [-0.25, -0.2) is 9.13 Å². The maximum Gasteiger partial charge on any atom is 0.472 e. The number of allylic oxidation sites excluding steroid dienone is 4. The lowest BCUT2D eigenvalue weighted by Crippen LogP contribution is -2.30. The highest BCUT2D eigenvalue weighted by molar-refractivity contribution is 7.47. The van der Waals surface area contributed by atoms with Crippen molar-refractivity contribution in [2.24, 2.45) is 5.92 Å². The molecule has 0 saturated carbocycles. The topological polar surface area (TPSA) is 237 Å². The summed E-state index contributed by atoms with van der Waals surface area (Å²) in [4.78, 5) is 72.7. The fourth-order valence-electron chi connectivity index (χ4n) is 11.0. The van der Waals surface area contributed by atoms with Crippen LogP contribution in [0.2, 0.25) is 0 Å². The Kier molecular flexibility index (Phi) is 65.9. The minimum Gasteiger partial charge on any atom is -0.462 e. The van der Waals surface area contributed by atoms with Gasteiger partial charge in [-0.2, -0.15) is 0 Å². The summed E-state index contributed by atoms with van der Waals surface area (Å²) < 4.78 is 68.4. The molecule has 0 spiro atoms. The molecule has 5 atom stereocenters. The smallest absolute Gasteiger partial charge is 0.462 e. The molecule has 0 heterocycles. The lowest BCUT2D eigenvalue weighted by Gasteiger charge is -2.21. The Morgan fingerprint density at radius 2 is 0.574 bits per heavy atom. The summed E-state index contributed by atoms with van der Waals surface area (Å²) in [5.41, 5.74) is 0. The molecular formula is C75H142O17P2. The first-order valence-corrected chi connectivity index (χ1v) is 41.4. The monoisotopic (exact) mass is 1380 g/mol. The van der Waals surface area contributed by atoms with E-state index in [0.29, 0.717) is 25.7 Å². The number of carbonyl (C=O) groups excluding carboxylic acids is 4. The van der Waals surface area contributed by atoms with Crippen LogP contribution >= 0.6 is 15.6 Å². The van der Waals surface area contributed by atoms with Crippen molar-refractivity contribution in [1.29, 1.82) is 0 Å². The third kappa shape index (κ3) is 68.1. The molecule has 0 rings (SSSR count). The van der Waals surface area contributed by atoms with E-state index < -0.39 is 97.5 Å². The molecule has 0 bridgehead atoms. The van der Waals surface area contributed by atoms with Crippen molar-refractivity contribution in [2.75, 3.05) is 39.6 Å². The van der Waals surface area contributed by atoms with Gasteiger partial charge in [0.05, 0.1) is 26.4 Å². The molecule has 0 aromatic rings. The van der Waals surface area contributed by atoms with Crippen LogP contribution in [-0.2, 0) is 65.4 Å². The number of hydrogen-bond donors (Lipinski definition) is 3. The predicted octanol–water partition coefficient (Wildman–Crippen LogP) is 21.6. The van der Waals surface area contributed by atoms with Crippen molar-refractivity contribution in [3.05, 3.63) is 24.3 Å². The van der Waals surface area contributed by atoms with Crippen LogP contribution in [0.1, 0.15) is 369 Å². The molecule has 17 nitrogen and oxygen atoms in total. The van der Waals surface area contributed by atoms with Crippen molar-refractivity contribution in [1.82, 2.24) is 0 Å². The molecule has 554 valence electrons. The standard InChI is InChI=1S/C75H142O17P2/c1-6-9-12-15-18-21-24-27-29-31-33-36-39-46-51-56-61-75(80)91-70(64-85-72(77)58-53-48-43-37-35-32-30-28-25-22-19-16-13-10-7-2)66-89-93(81,82)87-62-69(76)63-88-94(83,84)90-67-71(65-86-73(78)59-54-49-44-41-40-42-47-52-57-68(4)5)92-74(79)60-55-50-45-38-34-26-23-20-17-14-11-8-3/h22,25,28,30,68-71,76H,6-21,23-24,26-27,29,31-67H2,1-5H3,(H,81,82)(H,83,84)/b25-22-,30-28-/t69-,70-,71-/m1/s1. The molecule has 3 N–H and O–H groups in total. The van der Waals surface area contributed by atoms with E-state index in [1.807, 2.05) is 0 Å². The quantitative estimate of drug-likeness (QED) is 0.0169. The van der Waals surface area contributed by atoms with Gasteiger partial charge in [-0.05, 0) is 57.3 Å². The van der Waals surface area contributed by atoms with E-state index in [2.05, 4.69) is 58.9 Å². The van der Waals surface area contributed by atoms with Crippen molar-refractivity contribution < 1.29 is 80.2 Å². The highest BCUT2D eigenvalue weighted by atomic mass is 31.2. The Labute approximate surface area is 573 Å². The lowest BCUT2D eigenvalue weighted by molar-refractivity contribution is -0.161. The maximum absolute atomic E-state index is 13.1. The lowest BCUT2D eigenvalue weighted by atomic mass is 10.0. The molecule has 0 radical (unpaired) electrons. The van der Waals surface area contributed by atoms with Crippen LogP contribution in [0.3, 0.4) is 0 Å². The maximum atomic E-state index is 13.1. The van der Waals surface area contributed by atoms with E-state index in [1.54, 1.807) is 0 Å². The van der Waals surface area contributed by atoms with Gasteiger partial charge >= 0.3 is 39.5 Å². The second kappa shape index (κ2) is 67.7. The van der Waals surface area contributed by atoms with Crippen molar-refractivity contribution in [3.8, 4) is 0 Å². The number of phosphoric acid groups is 2. The van der Waals surface area contributed by atoms with Crippen LogP contribution in [-0.4, -0.2) is 96.7 Å². The van der Waals surface area contributed by atoms with Gasteiger partial charge in [0.25, 0.3) is 0 Å². The Bertz CT molecular complexity index is 1900. The summed E-state index contributed by atoms with van der Waals surface area (Å²) in [5.74, 6) is -1.42. The molecule has 0 amide bonds. The first-order chi connectivity index (χ1) is 45.5. The van der Waals surface area contributed by atoms with E-state index in [1.165, 1.54) is 173 Å². The first-order valence-electron chi connectivity index (χ1n) is 38.5. The van der Waals surface area contributed by atoms with Crippen LogP contribution in [0.4, 0.5) is 0 Å². The number of hydrogen-bond acceptors (Lipinski definition) is 15. The second-order valence-electron chi connectivity index (χ2n) is 26.8. The fraction of sp³-hybridized carbons (Fsp3) is 0.893. The highest BCUT2D eigenvalue weighted by Crippen LogP contribution is 2.45. The molecule has 0 aliphatic rings. The fourth-order valence-corrected chi connectivity index (χ4v) is 12.6. The number of esters is 4. The molecule has 0 aromatic carbocycles. The number of aliphatic hydroxyl groups is 1. The van der Waals surface area contributed by atoms with E-state index in [4.69, 9.17) is 37.0 Å². The van der Waals surface area contributed by atoms with Crippen molar-refractivity contribution >= 4 is 39.5 Å². The van der Waals surface area contributed by atoms with Gasteiger partial charge in [-0.3, -0.25) is 37.3 Å². The average molecular weight is 1380 g/mol. The van der Waals surface area contributed by atoms with Crippen molar-refractivity contribution in [3.63, 3.8) is 0 Å². The van der Waals surface area contributed by atoms with Gasteiger partial charge in [0.1, 0.15) is 19.3 Å². The molecule has 2 unspecified atom stereocenters. The Balaban J connectivity index is 5.29. The van der Waals surface area contributed by atoms with E-state index in [-0.39, 0.29) is 25.7 Å². The van der Waals surface area contributed by atoms with Crippen LogP contribution in [0.5, 0.6) is 0 Å². The number of unbranched alkanes of at least 4 members (excludes halogenated alkanes) is 42. The average Bonchev–Trinajstić information content (AvgIpc) is 1.49. The third-order valence-electron chi connectivity index (χ3n) is 16.9. The van der Waals surface area contributed by atoms with E-state index in [0.717, 1.165) is 115 Å². The third-order valence-corrected chi connectivity index (χ3v) is 18.8. The molecule has 19 heteroatoms. The number of aliphatic hydroxyl groups excluding tert-OH is 1. The summed E-state index contributed by atoms with van der Waals surface area (Å²) in [5, 5.41) is 10.6. The SMILES string of the molecule is CCCCCC/C=C\C=C/CCCCCCCC(=O)OC[C@H](COP(=O)(O)OC[C@@H](O)COP(=O)(O)OC[C@@H](COC(=O)CCCCCCCCCCC(C)C)OC(=O)CCCCCCCCCCCCCC)OC(=O)CCCCCCCCCCCCCCCCCC. The number of carbonyl (C=O) groups is 4. The number of rotatable bonds is 73. The molecule has 94 heavy (non-hydrogen) atoms.